The Bertz CT molecular complexity index is 505. The van der Waals surface area contributed by atoms with Gasteiger partial charge < -0.3 is 0 Å². The molecule has 2 bridgehead atoms. The summed E-state index contributed by atoms with van der Waals surface area (Å²) in [6, 6.07) is 9.05. The Kier molecular flexibility index (Phi) is 1.48. The average molecular weight is 210 g/mol. The van der Waals surface area contributed by atoms with Gasteiger partial charge in [0, 0.05) is 0 Å². The Labute approximate surface area is 97.4 Å². The SMILES string of the molecule is CC1(C)[C@H]2CC3=C(c4ccccc4C3)[C@@H]1C2. The van der Waals surface area contributed by atoms with E-state index in [0.717, 1.165) is 11.8 Å². The molecule has 0 heteroatoms. The lowest BCUT2D eigenvalue weighted by Crippen LogP contribution is -2.48. The molecule has 0 saturated heterocycles. The molecule has 0 aromatic heterocycles. The molecule has 16 heavy (non-hydrogen) atoms. The zero-order valence-electron chi connectivity index (χ0n) is 10.1. The molecule has 0 N–H and O–H groups in total. The minimum atomic E-state index is 0.566. The summed E-state index contributed by atoms with van der Waals surface area (Å²) in [5.41, 5.74) is 7.23. The molecular weight excluding hydrogens is 192 g/mol. The van der Waals surface area contributed by atoms with Crippen molar-refractivity contribution in [1.29, 1.82) is 0 Å². The average Bonchev–Trinajstić information content (AvgIpc) is 2.66. The minimum absolute atomic E-state index is 0.566. The molecule has 0 spiro atoms. The van der Waals surface area contributed by atoms with Crippen LogP contribution >= 0.6 is 0 Å². The second kappa shape index (κ2) is 2.61. The molecule has 0 heterocycles. The summed E-state index contributed by atoms with van der Waals surface area (Å²) in [6.07, 6.45) is 4.06. The highest BCUT2D eigenvalue weighted by atomic mass is 14.6. The molecule has 0 aliphatic heterocycles. The molecule has 0 unspecified atom stereocenters. The van der Waals surface area contributed by atoms with Gasteiger partial charge in [0.1, 0.15) is 0 Å². The topological polar surface area (TPSA) is 0 Å². The van der Waals surface area contributed by atoms with Crippen LogP contribution in [-0.4, -0.2) is 0 Å². The Morgan fingerprint density at radius 2 is 2.00 bits per heavy atom. The third-order valence-electron chi connectivity index (χ3n) is 5.40. The van der Waals surface area contributed by atoms with Gasteiger partial charge in [-0.2, -0.15) is 0 Å². The molecular formula is C16H18. The van der Waals surface area contributed by atoms with E-state index in [9.17, 15) is 0 Å². The van der Waals surface area contributed by atoms with Crippen LogP contribution in [0.25, 0.3) is 5.57 Å². The lowest BCUT2D eigenvalue weighted by Gasteiger charge is -2.57. The lowest BCUT2D eigenvalue weighted by atomic mass is 9.47. The van der Waals surface area contributed by atoms with E-state index < -0.39 is 0 Å². The second-order valence-corrected chi connectivity index (χ2v) is 6.36. The first-order chi connectivity index (χ1) is 7.68. The highest BCUT2D eigenvalue weighted by Crippen LogP contribution is 2.65. The predicted molar refractivity (Wildman–Crippen MR) is 67.1 cm³/mol. The summed E-state index contributed by atoms with van der Waals surface area (Å²) in [6.45, 7) is 4.94. The number of rotatable bonds is 0. The maximum absolute atomic E-state index is 2.47. The lowest BCUT2D eigenvalue weighted by molar-refractivity contribution is 0.00796. The van der Waals surface area contributed by atoms with Crippen molar-refractivity contribution >= 4 is 5.57 Å². The largest absolute Gasteiger partial charge is 0.0619 e. The molecule has 4 aliphatic carbocycles. The standard InChI is InChI=1S/C16H18/c1-16(2)12-8-11-7-10-5-3-4-6-13(10)15(11)14(16)9-12/h3-6,12,14H,7-9H2,1-2H3/t12-,14-/m0/s1. The van der Waals surface area contributed by atoms with E-state index >= 15 is 0 Å². The fourth-order valence-corrected chi connectivity index (χ4v) is 4.22. The summed E-state index contributed by atoms with van der Waals surface area (Å²) in [5, 5.41) is 0. The second-order valence-electron chi connectivity index (χ2n) is 6.36. The Hall–Kier alpha value is -1.04. The molecule has 0 nitrogen and oxygen atoms in total. The summed E-state index contributed by atoms with van der Waals surface area (Å²) in [5.74, 6) is 1.82. The molecule has 5 rings (SSSR count). The fourth-order valence-electron chi connectivity index (χ4n) is 4.22. The van der Waals surface area contributed by atoms with Gasteiger partial charge in [-0.15, -0.1) is 0 Å². The summed E-state index contributed by atoms with van der Waals surface area (Å²) in [7, 11) is 0. The van der Waals surface area contributed by atoms with Crippen LogP contribution < -0.4 is 0 Å². The van der Waals surface area contributed by atoms with E-state index in [0.29, 0.717) is 5.41 Å². The number of benzene rings is 1. The van der Waals surface area contributed by atoms with Crippen LogP contribution in [-0.2, 0) is 6.42 Å². The molecule has 1 aromatic carbocycles. The van der Waals surface area contributed by atoms with Crippen molar-refractivity contribution in [1.82, 2.24) is 0 Å². The minimum Gasteiger partial charge on any atom is -0.0619 e. The molecule has 82 valence electrons. The van der Waals surface area contributed by atoms with Crippen LogP contribution in [0.15, 0.2) is 29.8 Å². The Morgan fingerprint density at radius 1 is 1.19 bits per heavy atom. The van der Waals surface area contributed by atoms with Crippen LogP contribution in [0, 0.1) is 17.3 Å². The van der Waals surface area contributed by atoms with Gasteiger partial charge in [0.15, 0.2) is 0 Å². The van der Waals surface area contributed by atoms with E-state index in [4.69, 9.17) is 0 Å². The smallest absolute Gasteiger partial charge is 0.00548 e. The summed E-state index contributed by atoms with van der Waals surface area (Å²) < 4.78 is 0. The van der Waals surface area contributed by atoms with Crippen molar-refractivity contribution in [3.05, 3.63) is 41.0 Å². The van der Waals surface area contributed by atoms with Crippen molar-refractivity contribution in [3.8, 4) is 0 Å². The van der Waals surface area contributed by atoms with Crippen LogP contribution in [0.1, 0.15) is 37.8 Å². The summed E-state index contributed by atoms with van der Waals surface area (Å²) in [4.78, 5) is 0. The van der Waals surface area contributed by atoms with Gasteiger partial charge in [-0.1, -0.05) is 43.7 Å². The van der Waals surface area contributed by atoms with E-state index in [-0.39, 0.29) is 0 Å². The molecule has 1 saturated carbocycles. The number of fused-ring (bicyclic) bond motifs is 1. The first-order valence-corrected chi connectivity index (χ1v) is 6.48. The van der Waals surface area contributed by atoms with Crippen molar-refractivity contribution < 1.29 is 0 Å². The van der Waals surface area contributed by atoms with Gasteiger partial charge >= 0.3 is 0 Å². The van der Waals surface area contributed by atoms with Gasteiger partial charge in [0.2, 0.25) is 0 Å². The highest BCUT2D eigenvalue weighted by Gasteiger charge is 2.54. The maximum atomic E-state index is 2.47. The van der Waals surface area contributed by atoms with E-state index in [1.807, 2.05) is 0 Å². The summed E-state index contributed by atoms with van der Waals surface area (Å²) >= 11 is 0. The van der Waals surface area contributed by atoms with Crippen molar-refractivity contribution in [3.63, 3.8) is 0 Å². The Balaban J connectivity index is 1.89. The third kappa shape index (κ3) is 0.878. The predicted octanol–water partition coefficient (Wildman–Crippen LogP) is 4.06. The van der Waals surface area contributed by atoms with E-state index in [1.54, 1.807) is 22.3 Å². The fraction of sp³-hybridized carbons (Fsp3) is 0.500. The van der Waals surface area contributed by atoms with Crippen LogP contribution in [0.5, 0.6) is 0 Å². The maximum Gasteiger partial charge on any atom is -0.00548 e. The number of hydrogen-bond acceptors (Lipinski definition) is 0. The van der Waals surface area contributed by atoms with Crippen LogP contribution in [0.3, 0.4) is 0 Å². The van der Waals surface area contributed by atoms with Gasteiger partial charge in [-0.3, -0.25) is 0 Å². The van der Waals surface area contributed by atoms with Gasteiger partial charge in [-0.05, 0) is 53.2 Å². The molecule has 2 atom stereocenters. The zero-order valence-corrected chi connectivity index (χ0v) is 10.1. The monoisotopic (exact) mass is 210 g/mol. The van der Waals surface area contributed by atoms with Crippen molar-refractivity contribution in [2.75, 3.05) is 0 Å². The Morgan fingerprint density at radius 3 is 2.81 bits per heavy atom. The zero-order chi connectivity index (χ0) is 10.9. The van der Waals surface area contributed by atoms with Crippen LogP contribution in [0.4, 0.5) is 0 Å². The van der Waals surface area contributed by atoms with Gasteiger partial charge in [-0.25, -0.2) is 0 Å². The molecule has 0 radical (unpaired) electrons. The number of hydrogen-bond donors (Lipinski definition) is 0. The van der Waals surface area contributed by atoms with E-state index in [2.05, 4.69) is 38.1 Å². The first-order valence-electron chi connectivity index (χ1n) is 6.48. The first kappa shape index (κ1) is 9.04. The molecule has 1 aromatic rings. The molecule has 4 aliphatic rings. The third-order valence-corrected chi connectivity index (χ3v) is 5.40. The molecule has 1 fully saturated rings. The normalized spacial score (nSPS) is 33.1. The van der Waals surface area contributed by atoms with Gasteiger partial charge in [0.25, 0.3) is 0 Å². The van der Waals surface area contributed by atoms with E-state index in [1.165, 1.54) is 19.3 Å². The highest BCUT2D eigenvalue weighted by molar-refractivity contribution is 5.80. The van der Waals surface area contributed by atoms with Crippen molar-refractivity contribution in [2.45, 2.75) is 33.1 Å². The number of allylic oxidation sites excluding steroid dienone is 2. The van der Waals surface area contributed by atoms with Crippen LogP contribution in [0.2, 0.25) is 0 Å². The van der Waals surface area contributed by atoms with Gasteiger partial charge in [0.05, 0.1) is 0 Å². The molecule has 0 amide bonds. The van der Waals surface area contributed by atoms with Crippen molar-refractivity contribution in [2.24, 2.45) is 17.3 Å². The quantitative estimate of drug-likeness (QED) is 0.605.